The fourth-order valence-electron chi connectivity index (χ4n) is 5.27. The van der Waals surface area contributed by atoms with Crippen LogP contribution in [0.4, 0.5) is 16.2 Å². The van der Waals surface area contributed by atoms with Crippen LogP contribution in [0.1, 0.15) is 63.6 Å². The number of fused-ring (bicyclic) bond motifs is 1. The zero-order valence-corrected chi connectivity index (χ0v) is 19.9. The van der Waals surface area contributed by atoms with Gasteiger partial charge in [-0.15, -0.1) is 0 Å². The van der Waals surface area contributed by atoms with Crippen molar-refractivity contribution in [3.63, 3.8) is 0 Å². The highest BCUT2D eigenvalue weighted by Gasteiger charge is 2.38. The van der Waals surface area contributed by atoms with Crippen molar-refractivity contribution in [3.05, 3.63) is 64.7 Å². The summed E-state index contributed by atoms with van der Waals surface area (Å²) in [5.41, 5.74) is 4.55. The van der Waals surface area contributed by atoms with E-state index in [-0.39, 0.29) is 11.1 Å². The smallest absolute Gasteiger partial charge is 0.335 e. The van der Waals surface area contributed by atoms with Gasteiger partial charge in [0, 0.05) is 17.8 Å². The monoisotopic (exact) mass is 445 g/mol. The molecule has 0 spiro atoms. The van der Waals surface area contributed by atoms with E-state index >= 15 is 0 Å². The van der Waals surface area contributed by atoms with Crippen LogP contribution in [0.25, 0.3) is 6.08 Å². The van der Waals surface area contributed by atoms with Gasteiger partial charge in [-0.1, -0.05) is 38.1 Å². The molecule has 1 fully saturated rings. The Morgan fingerprint density at radius 1 is 1.06 bits per heavy atom. The molecule has 4 amide bonds. The number of carbonyl (C=O) groups is 3. The van der Waals surface area contributed by atoms with Gasteiger partial charge in [0.15, 0.2) is 0 Å². The SMILES string of the molecule is CCc1ccccc1N1C(=O)NC(=O)/C(=C\c2ccc3c(c2)C(C)CC(C)(C)N3CC)C1=O. The molecular weight excluding hydrogens is 414 g/mol. The zero-order chi connectivity index (χ0) is 23.9. The van der Waals surface area contributed by atoms with E-state index in [1.165, 1.54) is 11.3 Å². The number of hydrogen-bond donors (Lipinski definition) is 1. The van der Waals surface area contributed by atoms with E-state index in [2.05, 4.69) is 50.0 Å². The third-order valence-electron chi connectivity index (χ3n) is 6.75. The van der Waals surface area contributed by atoms with E-state index in [4.69, 9.17) is 0 Å². The molecule has 172 valence electrons. The summed E-state index contributed by atoms with van der Waals surface area (Å²) < 4.78 is 0. The van der Waals surface area contributed by atoms with Crippen molar-refractivity contribution in [1.29, 1.82) is 0 Å². The van der Waals surface area contributed by atoms with Gasteiger partial charge in [-0.25, -0.2) is 9.69 Å². The number of carbonyl (C=O) groups excluding carboxylic acids is 3. The van der Waals surface area contributed by atoms with Gasteiger partial charge < -0.3 is 4.90 Å². The Bertz CT molecular complexity index is 1160. The number of benzene rings is 2. The molecule has 0 bridgehead atoms. The predicted molar refractivity (Wildman–Crippen MR) is 131 cm³/mol. The minimum atomic E-state index is -0.720. The number of imide groups is 2. The van der Waals surface area contributed by atoms with Crippen molar-refractivity contribution >= 4 is 35.3 Å². The first-order valence-electron chi connectivity index (χ1n) is 11.6. The van der Waals surface area contributed by atoms with Gasteiger partial charge in [-0.05, 0) is 80.5 Å². The number of para-hydroxylation sites is 1. The quantitative estimate of drug-likeness (QED) is 0.530. The normalized spacial score (nSPS) is 21.3. The first-order valence-corrected chi connectivity index (χ1v) is 11.6. The first kappa shape index (κ1) is 22.8. The third-order valence-corrected chi connectivity index (χ3v) is 6.75. The number of aryl methyl sites for hydroxylation is 1. The summed E-state index contributed by atoms with van der Waals surface area (Å²) in [5, 5.41) is 2.33. The summed E-state index contributed by atoms with van der Waals surface area (Å²) >= 11 is 0. The topological polar surface area (TPSA) is 69.7 Å². The second-order valence-electron chi connectivity index (χ2n) is 9.42. The average molecular weight is 446 g/mol. The van der Waals surface area contributed by atoms with Crippen molar-refractivity contribution in [1.82, 2.24) is 5.32 Å². The number of nitrogens with one attached hydrogen (secondary N) is 1. The highest BCUT2D eigenvalue weighted by Crippen LogP contribution is 2.43. The lowest BCUT2D eigenvalue weighted by Gasteiger charge is -2.47. The molecule has 33 heavy (non-hydrogen) atoms. The van der Waals surface area contributed by atoms with E-state index in [1.807, 2.05) is 25.1 Å². The first-order chi connectivity index (χ1) is 15.7. The molecule has 1 unspecified atom stereocenters. The number of rotatable bonds is 4. The summed E-state index contributed by atoms with van der Waals surface area (Å²) in [5.74, 6) is -0.925. The summed E-state index contributed by atoms with van der Waals surface area (Å²) in [6.07, 6.45) is 3.27. The molecule has 0 aromatic heterocycles. The fourth-order valence-corrected chi connectivity index (χ4v) is 5.27. The second kappa shape index (κ2) is 8.50. The Morgan fingerprint density at radius 3 is 2.48 bits per heavy atom. The summed E-state index contributed by atoms with van der Waals surface area (Å²) in [6.45, 7) is 11.8. The minimum Gasteiger partial charge on any atom is -0.366 e. The zero-order valence-electron chi connectivity index (χ0n) is 19.9. The number of barbiturate groups is 1. The van der Waals surface area contributed by atoms with Crippen LogP contribution in [-0.2, 0) is 16.0 Å². The summed E-state index contributed by atoms with van der Waals surface area (Å²) in [7, 11) is 0. The van der Waals surface area contributed by atoms with E-state index < -0.39 is 17.8 Å². The lowest BCUT2D eigenvalue weighted by molar-refractivity contribution is -0.122. The molecule has 0 radical (unpaired) electrons. The lowest BCUT2D eigenvalue weighted by atomic mass is 9.79. The second-order valence-corrected chi connectivity index (χ2v) is 9.42. The predicted octanol–water partition coefficient (Wildman–Crippen LogP) is 5.03. The number of anilines is 2. The molecule has 0 saturated carbocycles. The van der Waals surface area contributed by atoms with E-state index in [9.17, 15) is 14.4 Å². The standard InChI is InChI=1S/C27H31N3O3/c1-6-19-10-8-9-11-22(19)30-25(32)21(24(31)28-26(30)33)15-18-12-13-23-20(14-18)17(3)16-27(4,5)29(23)7-2/h8-15,17H,6-7,16H2,1-5H3,(H,28,31,33)/b21-15+. The number of amides is 4. The maximum atomic E-state index is 13.3. The molecule has 6 heteroatoms. The molecular formula is C27H31N3O3. The van der Waals surface area contributed by atoms with Crippen LogP contribution >= 0.6 is 0 Å². The van der Waals surface area contributed by atoms with E-state index in [0.29, 0.717) is 18.0 Å². The minimum absolute atomic E-state index is 0.0448. The number of nitrogens with zero attached hydrogens (tertiary/aromatic N) is 2. The van der Waals surface area contributed by atoms with E-state index in [1.54, 1.807) is 18.2 Å². The average Bonchev–Trinajstić information content (AvgIpc) is 2.77. The molecule has 0 aliphatic carbocycles. The van der Waals surface area contributed by atoms with Gasteiger partial charge in [-0.2, -0.15) is 0 Å². The van der Waals surface area contributed by atoms with Crippen LogP contribution in [0, 0.1) is 0 Å². The highest BCUT2D eigenvalue weighted by molar-refractivity contribution is 6.39. The van der Waals surface area contributed by atoms with Crippen molar-refractivity contribution < 1.29 is 14.4 Å². The Kier molecular flexibility index (Phi) is 5.87. The molecule has 1 saturated heterocycles. The summed E-state index contributed by atoms with van der Waals surface area (Å²) in [4.78, 5) is 42.0. The third kappa shape index (κ3) is 3.94. The van der Waals surface area contributed by atoms with Crippen molar-refractivity contribution in [2.45, 2.75) is 58.9 Å². The Labute approximate surface area is 195 Å². The van der Waals surface area contributed by atoms with Crippen molar-refractivity contribution in [2.24, 2.45) is 0 Å². The van der Waals surface area contributed by atoms with Crippen LogP contribution in [-0.4, -0.2) is 29.9 Å². The Hall–Kier alpha value is -3.41. The van der Waals surface area contributed by atoms with Gasteiger partial charge in [0.2, 0.25) is 0 Å². The van der Waals surface area contributed by atoms with E-state index in [0.717, 1.165) is 29.0 Å². The van der Waals surface area contributed by atoms with Gasteiger partial charge in [0.25, 0.3) is 11.8 Å². The van der Waals surface area contributed by atoms with Crippen LogP contribution < -0.4 is 15.1 Å². The Balaban J connectivity index is 1.74. The fraction of sp³-hybridized carbons (Fsp3) is 0.370. The summed E-state index contributed by atoms with van der Waals surface area (Å²) in [6, 6.07) is 12.6. The van der Waals surface area contributed by atoms with Gasteiger partial charge in [0.1, 0.15) is 5.57 Å². The largest absolute Gasteiger partial charge is 0.366 e. The molecule has 2 aromatic carbocycles. The van der Waals surface area contributed by atoms with Crippen LogP contribution in [0.3, 0.4) is 0 Å². The lowest BCUT2D eigenvalue weighted by Crippen LogP contribution is -2.54. The molecule has 2 aliphatic heterocycles. The molecule has 2 aromatic rings. The van der Waals surface area contributed by atoms with Crippen molar-refractivity contribution in [2.75, 3.05) is 16.3 Å². The molecule has 4 rings (SSSR count). The van der Waals surface area contributed by atoms with Gasteiger partial charge in [-0.3, -0.25) is 14.9 Å². The molecule has 2 heterocycles. The maximum Gasteiger partial charge on any atom is 0.335 e. The van der Waals surface area contributed by atoms with Gasteiger partial charge >= 0.3 is 6.03 Å². The van der Waals surface area contributed by atoms with Crippen molar-refractivity contribution in [3.8, 4) is 0 Å². The van der Waals surface area contributed by atoms with Gasteiger partial charge in [0.05, 0.1) is 5.69 Å². The molecule has 6 nitrogen and oxygen atoms in total. The molecule has 1 N–H and O–H groups in total. The molecule has 2 aliphatic rings. The highest BCUT2D eigenvalue weighted by atomic mass is 16.2. The number of hydrogen-bond acceptors (Lipinski definition) is 4. The Morgan fingerprint density at radius 2 is 1.79 bits per heavy atom. The van der Waals surface area contributed by atoms with Crippen LogP contribution in [0.5, 0.6) is 0 Å². The molecule has 1 atom stereocenters. The van der Waals surface area contributed by atoms with Crippen LogP contribution in [0.15, 0.2) is 48.0 Å². The maximum absolute atomic E-state index is 13.3. The van der Waals surface area contributed by atoms with Crippen LogP contribution in [0.2, 0.25) is 0 Å². The number of urea groups is 1.